The van der Waals surface area contributed by atoms with Gasteiger partial charge in [0.25, 0.3) is 0 Å². The summed E-state index contributed by atoms with van der Waals surface area (Å²) < 4.78 is 10.8. The summed E-state index contributed by atoms with van der Waals surface area (Å²) in [6.07, 6.45) is 3.08. The van der Waals surface area contributed by atoms with Crippen LogP contribution in [0, 0.1) is 0 Å². The third-order valence-electron chi connectivity index (χ3n) is 4.21. The number of aromatic nitrogens is 2. The van der Waals surface area contributed by atoms with Crippen LogP contribution in [0.25, 0.3) is 10.9 Å². The number of nitrogens with one attached hydrogen (secondary N) is 1. The Morgan fingerprint density at radius 3 is 2.48 bits per heavy atom. The summed E-state index contributed by atoms with van der Waals surface area (Å²) >= 11 is 0. The molecule has 1 fully saturated rings. The molecule has 1 aromatic heterocycles. The van der Waals surface area contributed by atoms with Crippen LogP contribution in [0.5, 0.6) is 11.5 Å². The predicted octanol–water partition coefficient (Wildman–Crippen LogP) is 2.71. The van der Waals surface area contributed by atoms with Crippen LogP contribution >= 0.6 is 0 Å². The fourth-order valence-electron chi connectivity index (χ4n) is 2.58. The quantitative estimate of drug-likeness (QED) is 0.817. The van der Waals surface area contributed by atoms with Crippen molar-refractivity contribution in [3.05, 3.63) is 18.0 Å². The zero-order valence-electron chi connectivity index (χ0n) is 13.8. The number of anilines is 1. The van der Waals surface area contributed by atoms with E-state index in [1.165, 1.54) is 0 Å². The van der Waals surface area contributed by atoms with Crippen molar-refractivity contribution in [2.24, 2.45) is 0 Å². The topological polar surface area (TPSA) is 76.5 Å². The second kappa shape index (κ2) is 6.58. The van der Waals surface area contributed by atoms with Crippen molar-refractivity contribution >= 4 is 16.7 Å². The van der Waals surface area contributed by atoms with Crippen LogP contribution in [-0.4, -0.2) is 41.9 Å². The molecular weight excluding hydrogens is 294 g/mol. The summed E-state index contributed by atoms with van der Waals surface area (Å²) in [5, 5.41) is 13.7. The molecule has 124 valence electrons. The van der Waals surface area contributed by atoms with Gasteiger partial charge in [-0.1, -0.05) is 6.92 Å². The number of nitrogens with zero attached hydrogens (tertiary/aromatic N) is 2. The van der Waals surface area contributed by atoms with Gasteiger partial charge in [-0.3, -0.25) is 0 Å². The van der Waals surface area contributed by atoms with Gasteiger partial charge in [-0.05, 0) is 25.3 Å². The Balaban J connectivity index is 2.13. The van der Waals surface area contributed by atoms with Gasteiger partial charge < -0.3 is 19.9 Å². The second-order valence-electron chi connectivity index (χ2n) is 5.86. The lowest BCUT2D eigenvalue weighted by Crippen LogP contribution is -2.23. The van der Waals surface area contributed by atoms with Crippen molar-refractivity contribution in [3.63, 3.8) is 0 Å². The predicted molar refractivity (Wildman–Crippen MR) is 89.4 cm³/mol. The number of fused-ring (bicyclic) bond motifs is 1. The van der Waals surface area contributed by atoms with Gasteiger partial charge in [0.2, 0.25) is 0 Å². The molecule has 1 aliphatic rings. The highest BCUT2D eigenvalue weighted by Gasteiger charge is 2.28. The maximum absolute atomic E-state index is 9.48. The van der Waals surface area contributed by atoms with Crippen LogP contribution in [0.2, 0.25) is 0 Å². The molecule has 0 spiro atoms. The molecule has 2 aromatic rings. The molecule has 0 aliphatic heterocycles. The van der Waals surface area contributed by atoms with Gasteiger partial charge in [-0.2, -0.15) is 0 Å². The maximum Gasteiger partial charge on any atom is 0.162 e. The normalized spacial score (nSPS) is 15.5. The molecule has 23 heavy (non-hydrogen) atoms. The molecule has 6 heteroatoms. The van der Waals surface area contributed by atoms with Crippen molar-refractivity contribution in [3.8, 4) is 11.5 Å². The molecule has 0 radical (unpaired) electrons. The first kappa shape index (κ1) is 15.8. The van der Waals surface area contributed by atoms with Crippen LogP contribution < -0.4 is 14.8 Å². The van der Waals surface area contributed by atoms with Gasteiger partial charge in [-0.15, -0.1) is 0 Å². The van der Waals surface area contributed by atoms with Crippen molar-refractivity contribution in [2.75, 3.05) is 26.1 Å². The highest BCUT2D eigenvalue weighted by molar-refractivity contribution is 5.92. The molecular formula is C17H23N3O3. The van der Waals surface area contributed by atoms with E-state index in [0.717, 1.165) is 41.8 Å². The number of hydrogen-bond donors (Lipinski definition) is 2. The Morgan fingerprint density at radius 2 is 1.91 bits per heavy atom. The molecule has 0 bridgehead atoms. The average Bonchev–Trinajstić information content (AvgIpc) is 3.42. The SMILES string of the molecule is CCC(CO)Nc1nc(C2CC2)nc2cc(OC)c(OC)cc12. The van der Waals surface area contributed by atoms with Crippen molar-refractivity contribution in [1.82, 2.24) is 9.97 Å². The summed E-state index contributed by atoms with van der Waals surface area (Å²) in [5.74, 6) is 3.35. The largest absolute Gasteiger partial charge is 0.493 e. The van der Waals surface area contributed by atoms with E-state index in [-0.39, 0.29) is 12.6 Å². The molecule has 3 rings (SSSR count). The van der Waals surface area contributed by atoms with E-state index in [4.69, 9.17) is 19.4 Å². The molecule has 1 aromatic carbocycles. The van der Waals surface area contributed by atoms with E-state index in [1.807, 2.05) is 19.1 Å². The van der Waals surface area contributed by atoms with Crippen molar-refractivity contribution in [2.45, 2.75) is 38.1 Å². The smallest absolute Gasteiger partial charge is 0.162 e. The number of methoxy groups -OCH3 is 2. The zero-order valence-corrected chi connectivity index (χ0v) is 13.8. The van der Waals surface area contributed by atoms with E-state index in [2.05, 4.69) is 5.32 Å². The minimum atomic E-state index is -0.0340. The first-order valence-electron chi connectivity index (χ1n) is 8.01. The fourth-order valence-corrected chi connectivity index (χ4v) is 2.58. The summed E-state index contributed by atoms with van der Waals surface area (Å²) in [6.45, 7) is 2.09. The highest BCUT2D eigenvalue weighted by Crippen LogP contribution is 2.41. The summed E-state index contributed by atoms with van der Waals surface area (Å²) in [5.41, 5.74) is 0.829. The van der Waals surface area contributed by atoms with Crippen LogP contribution in [0.3, 0.4) is 0 Å². The molecule has 1 atom stereocenters. The third kappa shape index (κ3) is 3.17. The van der Waals surface area contributed by atoms with Crippen LogP contribution in [-0.2, 0) is 0 Å². The monoisotopic (exact) mass is 317 g/mol. The number of aliphatic hydroxyl groups is 1. The van der Waals surface area contributed by atoms with Crippen molar-refractivity contribution < 1.29 is 14.6 Å². The molecule has 0 saturated heterocycles. The van der Waals surface area contributed by atoms with Gasteiger partial charge in [0.1, 0.15) is 11.6 Å². The van der Waals surface area contributed by atoms with Gasteiger partial charge in [-0.25, -0.2) is 9.97 Å². The summed E-state index contributed by atoms with van der Waals surface area (Å²) in [6, 6.07) is 3.73. The highest BCUT2D eigenvalue weighted by atomic mass is 16.5. The number of ether oxygens (including phenoxy) is 2. The van der Waals surface area contributed by atoms with Crippen LogP contribution in [0.1, 0.15) is 37.9 Å². The van der Waals surface area contributed by atoms with E-state index in [0.29, 0.717) is 17.4 Å². The lowest BCUT2D eigenvalue weighted by atomic mass is 10.1. The molecule has 2 N–H and O–H groups in total. The van der Waals surface area contributed by atoms with Crippen LogP contribution in [0.4, 0.5) is 5.82 Å². The first-order chi connectivity index (χ1) is 11.2. The number of rotatable bonds is 7. The zero-order chi connectivity index (χ0) is 16.4. The first-order valence-corrected chi connectivity index (χ1v) is 8.01. The molecule has 1 unspecified atom stereocenters. The molecule has 1 heterocycles. The Labute approximate surface area is 135 Å². The third-order valence-corrected chi connectivity index (χ3v) is 4.21. The van der Waals surface area contributed by atoms with Gasteiger partial charge in [0.05, 0.1) is 32.4 Å². The fraction of sp³-hybridized carbons (Fsp3) is 0.529. The molecule has 1 saturated carbocycles. The summed E-state index contributed by atoms with van der Waals surface area (Å²) in [7, 11) is 3.23. The number of benzene rings is 1. The molecule has 1 aliphatic carbocycles. The van der Waals surface area contributed by atoms with E-state index in [1.54, 1.807) is 14.2 Å². The Hall–Kier alpha value is -2.08. The van der Waals surface area contributed by atoms with Crippen molar-refractivity contribution in [1.29, 1.82) is 0 Å². The second-order valence-corrected chi connectivity index (χ2v) is 5.86. The van der Waals surface area contributed by atoms with E-state index >= 15 is 0 Å². The standard InChI is InChI=1S/C17H23N3O3/c1-4-11(9-21)18-17-12-7-14(22-2)15(23-3)8-13(12)19-16(20-17)10-5-6-10/h7-8,10-11,21H,4-6,9H2,1-3H3,(H,18,19,20). The van der Waals surface area contributed by atoms with Gasteiger partial charge in [0.15, 0.2) is 11.5 Å². The van der Waals surface area contributed by atoms with Gasteiger partial charge in [0, 0.05) is 17.4 Å². The lowest BCUT2D eigenvalue weighted by Gasteiger charge is -2.18. The maximum atomic E-state index is 9.48. The number of hydrogen-bond acceptors (Lipinski definition) is 6. The molecule has 6 nitrogen and oxygen atoms in total. The minimum Gasteiger partial charge on any atom is -0.493 e. The lowest BCUT2D eigenvalue weighted by molar-refractivity contribution is 0.271. The Kier molecular flexibility index (Phi) is 4.52. The Morgan fingerprint density at radius 1 is 1.22 bits per heavy atom. The molecule has 0 amide bonds. The van der Waals surface area contributed by atoms with E-state index < -0.39 is 0 Å². The van der Waals surface area contributed by atoms with Gasteiger partial charge >= 0.3 is 0 Å². The Bertz CT molecular complexity index is 697. The van der Waals surface area contributed by atoms with E-state index in [9.17, 15) is 5.11 Å². The minimum absolute atomic E-state index is 0.0340. The average molecular weight is 317 g/mol. The summed E-state index contributed by atoms with van der Waals surface area (Å²) in [4.78, 5) is 9.39. The van der Waals surface area contributed by atoms with Crippen LogP contribution in [0.15, 0.2) is 12.1 Å². The number of aliphatic hydroxyl groups excluding tert-OH is 1.